The first-order chi connectivity index (χ1) is 31.0. The number of ether oxygens (including phenoxy) is 3. The lowest BCUT2D eigenvalue weighted by molar-refractivity contribution is -0.167. The molecule has 0 radical (unpaired) electrons. The van der Waals surface area contributed by atoms with Gasteiger partial charge in [-0.05, 0) is 77.0 Å². The molecule has 0 aromatic heterocycles. The van der Waals surface area contributed by atoms with Gasteiger partial charge in [0.2, 0.25) is 0 Å². The van der Waals surface area contributed by atoms with Crippen molar-refractivity contribution in [3.05, 3.63) is 60.8 Å². The molecule has 364 valence electrons. The maximum atomic E-state index is 12.8. The second-order valence-corrected chi connectivity index (χ2v) is 17.8. The van der Waals surface area contributed by atoms with Gasteiger partial charge in [0.25, 0.3) is 0 Å². The van der Waals surface area contributed by atoms with E-state index < -0.39 is 6.10 Å². The van der Waals surface area contributed by atoms with E-state index in [-0.39, 0.29) is 31.1 Å². The molecule has 6 heteroatoms. The zero-order chi connectivity index (χ0) is 45.8. The van der Waals surface area contributed by atoms with E-state index in [1.54, 1.807) is 0 Å². The molecular formula is C57H100O6. The zero-order valence-electron chi connectivity index (χ0n) is 41.6. The summed E-state index contributed by atoms with van der Waals surface area (Å²) in [6.07, 6.45) is 63.4. The third kappa shape index (κ3) is 50.0. The van der Waals surface area contributed by atoms with Crippen molar-refractivity contribution in [2.45, 2.75) is 271 Å². The van der Waals surface area contributed by atoms with Gasteiger partial charge in [-0.1, -0.05) is 229 Å². The van der Waals surface area contributed by atoms with E-state index in [0.717, 1.165) is 96.3 Å². The van der Waals surface area contributed by atoms with Gasteiger partial charge >= 0.3 is 17.9 Å². The Morgan fingerprint density at radius 1 is 0.349 bits per heavy atom. The van der Waals surface area contributed by atoms with Gasteiger partial charge in [0.05, 0.1) is 0 Å². The highest BCUT2D eigenvalue weighted by atomic mass is 16.6. The normalized spacial score (nSPS) is 12.5. The van der Waals surface area contributed by atoms with Gasteiger partial charge in [0.15, 0.2) is 6.10 Å². The smallest absolute Gasteiger partial charge is 0.306 e. The quantitative estimate of drug-likeness (QED) is 0.0199. The highest BCUT2D eigenvalue weighted by molar-refractivity contribution is 5.71. The Kier molecular flexibility index (Phi) is 49.4. The Hall–Kier alpha value is -2.89. The molecule has 0 aromatic carbocycles. The first-order valence-electron chi connectivity index (χ1n) is 26.8. The minimum absolute atomic E-state index is 0.0872. The highest BCUT2D eigenvalue weighted by Crippen LogP contribution is 2.15. The van der Waals surface area contributed by atoms with E-state index in [2.05, 4.69) is 81.5 Å². The van der Waals surface area contributed by atoms with Crippen molar-refractivity contribution in [2.24, 2.45) is 0 Å². The molecule has 0 rings (SSSR count). The average molecular weight is 881 g/mol. The monoisotopic (exact) mass is 881 g/mol. The molecule has 1 atom stereocenters. The molecule has 0 bridgehead atoms. The molecule has 63 heavy (non-hydrogen) atoms. The Morgan fingerprint density at radius 2 is 0.667 bits per heavy atom. The van der Waals surface area contributed by atoms with Crippen LogP contribution in [0.1, 0.15) is 265 Å². The van der Waals surface area contributed by atoms with Gasteiger partial charge in [-0.2, -0.15) is 0 Å². The number of hydrogen-bond donors (Lipinski definition) is 0. The van der Waals surface area contributed by atoms with Crippen molar-refractivity contribution >= 4 is 17.9 Å². The number of hydrogen-bond acceptors (Lipinski definition) is 6. The first kappa shape index (κ1) is 60.1. The number of unbranched alkanes of at least 4 members (excludes halogenated alkanes) is 28. The Balaban J connectivity index is 4.43. The first-order valence-corrected chi connectivity index (χ1v) is 26.8. The van der Waals surface area contributed by atoms with E-state index in [9.17, 15) is 14.4 Å². The largest absolute Gasteiger partial charge is 0.462 e. The molecule has 0 N–H and O–H groups in total. The van der Waals surface area contributed by atoms with E-state index in [1.165, 1.54) is 128 Å². The van der Waals surface area contributed by atoms with Crippen molar-refractivity contribution in [3.63, 3.8) is 0 Å². The summed E-state index contributed by atoms with van der Waals surface area (Å²) < 4.78 is 16.8. The second-order valence-electron chi connectivity index (χ2n) is 17.8. The number of esters is 3. The SMILES string of the molecule is CC/C=C\C/C=C\C/C=C\CCCCCCCCC(=O)OCC(COC(=O)CCCCCCCCCCCCCCC)OC(=O)CCCCC/C=C\C=C/CCCCCCCCC. The fraction of sp³-hybridized carbons (Fsp3) is 0.772. The molecule has 0 saturated carbocycles. The molecule has 0 aliphatic rings. The van der Waals surface area contributed by atoms with Gasteiger partial charge in [-0.25, -0.2) is 0 Å². The number of rotatable bonds is 48. The van der Waals surface area contributed by atoms with Crippen LogP contribution in [0.2, 0.25) is 0 Å². The second kappa shape index (κ2) is 51.7. The summed E-state index contributed by atoms with van der Waals surface area (Å²) >= 11 is 0. The van der Waals surface area contributed by atoms with E-state index in [4.69, 9.17) is 14.2 Å². The number of allylic oxidation sites excluding steroid dienone is 10. The van der Waals surface area contributed by atoms with E-state index in [1.807, 2.05) is 0 Å². The summed E-state index contributed by atoms with van der Waals surface area (Å²) in [7, 11) is 0. The van der Waals surface area contributed by atoms with Crippen molar-refractivity contribution in [2.75, 3.05) is 13.2 Å². The molecule has 0 spiro atoms. The Morgan fingerprint density at radius 3 is 1.08 bits per heavy atom. The topological polar surface area (TPSA) is 78.9 Å². The van der Waals surface area contributed by atoms with Crippen LogP contribution in [0.25, 0.3) is 0 Å². The summed E-state index contributed by atoms with van der Waals surface area (Å²) in [4.78, 5) is 38.0. The van der Waals surface area contributed by atoms with Crippen molar-refractivity contribution in [1.82, 2.24) is 0 Å². The summed E-state index contributed by atoms with van der Waals surface area (Å²) in [5, 5.41) is 0. The van der Waals surface area contributed by atoms with Gasteiger partial charge in [0, 0.05) is 19.3 Å². The minimum Gasteiger partial charge on any atom is -0.462 e. The molecule has 1 unspecified atom stereocenters. The summed E-state index contributed by atoms with van der Waals surface area (Å²) in [6.45, 7) is 6.50. The molecule has 0 fully saturated rings. The fourth-order valence-electron chi connectivity index (χ4n) is 7.51. The molecule has 0 aliphatic heterocycles. The minimum atomic E-state index is -0.791. The van der Waals surface area contributed by atoms with Gasteiger partial charge in [0.1, 0.15) is 13.2 Å². The van der Waals surface area contributed by atoms with Crippen LogP contribution in [0.3, 0.4) is 0 Å². The molecule has 0 aromatic rings. The molecule has 0 aliphatic carbocycles. The van der Waals surface area contributed by atoms with Gasteiger partial charge < -0.3 is 14.2 Å². The van der Waals surface area contributed by atoms with E-state index in [0.29, 0.717) is 19.3 Å². The predicted molar refractivity (Wildman–Crippen MR) is 270 cm³/mol. The van der Waals surface area contributed by atoms with E-state index >= 15 is 0 Å². The zero-order valence-corrected chi connectivity index (χ0v) is 41.6. The molecule has 6 nitrogen and oxygen atoms in total. The highest BCUT2D eigenvalue weighted by Gasteiger charge is 2.19. The maximum absolute atomic E-state index is 12.8. The van der Waals surface area contributed by atoms with Crippen molar-refractivity contribution in [1.29, 1.82) is 0 Å². The van der Waals surface area contributed by atoms with Gasteiger partial charge in [-0.15, -0.1) is 0 Å². The van der Waals surface area contributed by atoms with Crippen molar-refractivity contribution in [3.8, 4) is 0 Å². The van der Waals surface area contributed by atoms with Crippen LogP contribution < -0.4 is 0 Å². The van der Waals surface area contributed by atoms with Crippen LogP contribution in [-0.4, -0.2) is 37.2 Å². The molecule has 0 amide bonds. The lowest BCUT2D eigenvalue weighted by Gasteiger charge is -2.18. The van der Waals surface area contributed by atoms with Crippen LogP contribution in [0.4, 0.5) is 0 Å². The Labute approximate surface area is 390 Å². The third-order valence-corrected chi connectivity index (χ3v) is 11.5. The summed E-state index contributed by atoms with van der Waals surface area (Å²) in [5.74, 6) is -0.920. The van der Waals surface area contributed by atoms with Gasteiger partial charge in [-0.3, -0.25) is 14.4 Å². The maximum Gasteiger partial charge on any atom is 0.306 e. The van der Waals surface area contributed by atoms with Crippen LogP contribution in [0, 0.1) is 0 Å². The van der Waals surface area contributed by atoms with Crippen LogP contribution in [0.15, 0.2) is 60.8 Å². The molecular weight excluding hydrogens is 781 g/mol. The standard InChI is InChI=1S/C57H100O6/c1-4-7-10-13-16-19-22-25-27-29-32-35-38-41-44-47-50-56(59)62-53-54(52-61-55(58)49-46-43-40-37-34-31-24-21-18-15-12-9-6-3)63-57(60)51-48-45-42-39-36-33-30-28-26-23-20-17-14-11-8-5-2/h7,10,16,19,25,27-28,30,33,36,54H,4-6,8-9,11-15,17-18,20-24,26,29,31-32,34-35,37-53H2,1-3H3/b10-7-,19-16-,27-25-,30-28-,36-33-. The lowest BCUT2D eigenvalue weighted by Crippen LogP contribution is -2.30. The molecule has 0 saturated heterocycles. The van der Waals surface area contributed by atoms with Crippen LogP contribution in [0.5, 0.6) is 0 Å². The molecule has 0 heterocycles. The third-order valence-electron chi connectivity index (χ3n) is 11.5. The van der Waals surface area contributed by atoms with Crippen LogP contribution >= 0.6 is 0 Å². The number of carbonyl (C=O) groups is 3. The summed E-state index contributed by atoms with van der Waals surface area (Å²) in [6, 6.07) is 0. The number of carbonyl (C=O) groups excluding carboxylic acids is 3. The van der Waals surface area contributed by atoms with Crippen LogP contribution in [-0.2, 0) is 28.6 Å². The lowest BCUT2D eigenvalue weighted by atomic mass is 10.0. The average Bonchev–Trinajstić information content (AvgIpc) is 3.28. The van der Waals surface area contributed by atoms with Crippen molar-refractivity contribution < 1.29 is 28.6 Å². The predicted octanol–water partition coefficient (Wildman–Crippen LogP) is 17.6. The Bertz CT molecular complexity index is 1150. The summed E-state index contributed by atoms with van der Waals surface area (Å²) in [5.41, 5.74) is 0. The fourth-order valence-corrected chi connectivity index (χ4v) is 7.51.